The number of hydrogen-bond acceptors (Lipinski definition) is 5. The first kappa shape index (κ1) is 14.3. The van der Waals surface area contributed by atoms with Crippen LogP contribution in [0.3, 0.4) is 0 Å². The van der Waals surface area contributed by atoms with Crippen molar-refractivity contribution in [3.8, 4) is 23.0 Å². The zero-order chi connectivity index (χ0) is 15.7. The lowest BCUT2D eigenvalue weighted by molar-refractivity contribution is -0.135. The van der Waals surface area contributed by atoms with Crippen LogP contribution in [0.4, 0.5) is 0 Å². The molecule has 0 amide bonds. The number of phenols is 1. The molecule has 0 spiro atoms. The molecule has 2 aromatic carbocycles. The Kier molecular flexibility index (Phi) is 3.63. The number of benzene rings is 2. The summed E-state index contributed by atoms with van der Waals surface area (Å²) in [6.45, 7) is 0. The van der Waals surface area contributed by atoms with E-state index in [0.717, 1.165) is 11.3 Å². The fourth-order valence-corrected chi connectivity index (χ4v) is 2.69. The van der Waals surface area contributed by atoms with Gasteiger partial charge in [-0.25, -0.2) is 0 Å². The number of aromatic hydroxyl groups is 1. The van der Waals surface area contributed by atoms with Gasteiger partial charge in [0.25, 0.3) is 0 Å². The largest absolute Gasteiger partial charge is 0.507 e. The summed E-state index contributed by atoms with van der Waals surface area (Å²) in [5.41, 5.74) is 1.52. The molecule has 1 aliphatic heterocycles. The van der Waals surface area contributed by atoms with Gasteiger partial charge >= 0.3 is 5.97 Å². The minimum absolute atomic E-state index is 0.0580. The molecule has 0 saturated heterocycles. The van der Waals surface area contributed by atoms with Gasteiger partial charge < -0.3 is 19.3 Å². The predicted molar refractivity (Wildman–Crippen MR) is 79.7 cm³/mol. The Labute approximate surface area is 128 Å². The molecule has 0 fully saturated rings. The summed E-state index contributed by atoms with van der Waals surface area (Å²) in [4.78, 5) is 11.9. The Morgan fingerprint density at radius 1 is 1.09 bits per heavy atom. The van der Waals surface area contributed by atoms with E-state index in [0.29, 0.717) is 17.1 Å². The Morgan fingerprint density at radius 2 is 1.77 bits per heavy atom. The molecule has 2 aromatic rings. The van der Waals surface area contributed by atoms with Gasteiger partial charge in [0.2, 0.25) is 0 Å². The first-order chi connectivity index (χ1) is 10.6. The van der Waals surface area contributed by atoms with Gasteiger partial charge in [0.1, 0.15) is 23.0 Å². The van der Waals surface area contributed by atoms with E-state index in [-0.39, 0.29) is 24.1 Å². The number of phenolic OH excluding ortho intramolecular Hbond substituents is 1. The molecule has 5 nitrogen and oxygen atoms in total. The van der Waals surface area contributed by atoms with E-state index >= 15 is 0 Å². The van der Waals surface area contributed by atoms with Crippen LogP contribution in [-0.2, 0) is 4.79 Å². The quantitative estimate of drug-likeness (QED) is 0.697. The summed E-state index contributed by atoms with van der Waals surface area (Å²) >= 11 is 0. The van der Waals surface area contributed by atoms with E-state index < -0.39 is 0 Å². The van der Waals surface area contributed by atoms with Gasteiger partial charge in [-0.2, -0.15) is 0 Å². The van der Waals surface area contributed by atoms with Crippen LogP contribution in [0.5, 0.6) is 23.0 Å². The highest BCUT2D eigenvalue weighted by Gasteiger charge is 2.31. The van der Waals surface area contributed by atoms with Crippen LogP contribution in [0.2, 0.25) is 0 Å². The SMILES string of the molecule is COc1ccc(C2CC(=O)Oc3cc(OC)cc(O)c32)cc1. The van der Waals surface area contributed by atoms with Crippen molar-refractivity contribution in [1.29, 1.82) is 0 Å². The predicted octanol–water partition coefficient (Wildman–Crippen LogP) is 2.85. The first-order valence-corrected chi connectivity index (χ1v) is 6.88. The number of ether oxygens (including phenoxy) is 3. The number of methoxy groups -OCH3 is 2. The molecular formula is C17H16O5. The molecule has 1 N–H and O–H groups in total. The van der Waals surface area contributed by atoms with Gasteiger partial charge in [-0.3, -0.25) is 4.79 Å². The van der Waals surface area contributed by atoms with Crippen LogP contribution in [0, 0.1) is 0 Å². The Morgan fingerprint density at radius 3 is 2.41 bits per heavy atom. The van der Waals surface area contributed by atoms with Crippen molar-refractivity contribution in [3.63, 3.8) is 0 Å². The maximum absolute atomic E-state index is 11.9. The average Bonchev–Trinajstić information content (AvgIpc) is 2.53. The summed E-state index contributed by atoms with van der Waals surface area (Å²) in [5, 5.41) is 10.3. The highest BCUT2D eigenvalue weighted by molar-refractivity contribution is 5.79. The molecule has 1 atom stereocenters. The summed E-state index contributed by atoms with van der Waals surface area (Å²) in [7, 11) is 3.09. The standard InChI is InChI=1S/C17H16O5/c1-20-11-5-3-10(4-6-11)13-9-16(19)22-15-8-12(21-2)7-14(18)17(13)15/h3-8,13,18H,9H2,1-2H3. The third-order valence-corrected chi connectivity index (χ3v) is 3.79. The lowest BCUT2D eigenvalue weighted by Gasteiger charge is -2.26. The van der Waals surface area contributed by atoms with Gasteiger partial charge in [0, 0.05) is 23.6 Å². The topological polar surface area (TPSA) is 65.0 Å². The third kappa shape index (κ3) is 2.45. The maximum Gasteiger partial charge on any atom is 0.312 e. The van der Waals surface area contributed by atoms with E-state index in [4.69, 9.17) is 14.2 Å². The number of rotatable bonds is 3. The van der Waals surface area contributed by atoms with E-state index in [2.05, 4.69) is 0 Å². The molecule has 22 heavy (non-hydrogen) atoms. The average molecular weight is 300 g/mol. The minimum Gasteiger partial charge on any atom is -0.507 e. The second-order valence-corrected chi connectivity index (χ2v) is 5.06. The lowest BCUT2D eigenvalue weighted by atomic mass is 9.85. The molecule has 0 aromatic heterocycles. The van der Waals surface area contributed by atoms with Crippen molar-refractivity contribution in [2.24, 2.45) is 0 Å². The molecule has 0 aliphatic carbocycles. The summed E-state index contributed by atoms with van der Waals surface area (Å²) in [6.07, 6.45) is 0.180. The lowest BCUT2D eigenvalue weighted by Crippen LogP contribution is -2.21. The van der Waals surface area contributed by atoms with E-state index in [1.54, 1.807) is 13.2 Å². The second-order valence-electron chi connectivity index (χ2n) is 5.06. The number of esters is 1. The highest BCUT2D eigenvalue weighted by atomic mass is 16.5. The molecule has 0 bridgehead atoms. The fraction of sp³-hybridized carbons (Fsp3) is 0.235. The molecule has 3 rings (SSSR count). The first-order valence-electron chi connectivity index (χ1n) is 6.88. The van der Waals surface area contributed by atoms with Crippen LogP contribution in [-0.4, -0.2) is 25.3 Å². The normalized spacial score (nSPS) is 16.6. The van der Waals surface area contributed by atoms with Crippen molar-refractivity contribution in [3.05, 3.63) is 47.5 Å². The number of fused-ring (bicyclic) bond motifs is 1. The van der Waals surface area contributed by atoms with Gasteiger partial charge in [-0.15, -0.1) is 0 Å². The van der Waals surface area contributed by atoms with Crippen molar-refractivity contribution in [2.45, 2.75) is 12.3 Å². The number of carbonyl (C=O) groups is 1. The second kappa shape index (κ2) is 5.60. The van der Waals surface area contributed by atoms with Crippen molar-refractivity contribution in [2.75, 3.05) is 14.2 Å². The van der Waals surface area contributed by atoms with E-state index in [1.165, 1.54) is 13.2 Å². The molecular weight excluding hydrogens is 284 g/mol. The van der Waals surface area contributed by atoms with Crippen LogP contribution >= 0.6 is 0 Å². The van der Waals surface area contributed by atoms with E-state index in [1.807, 2.05) is 24.3 Å². The summed E-state index contributed by atoms with van der Waals surface area (Å²) < 4.78 is 15.5. The van der Waals surface area contributed by atoms with Crippen LogP contribution in [0.15, 0.2) is 36.4 Å². The minimum atomic E-state index is -0.332. The number of hydrogen-bond donors (Lipinski definition) is 1. The van der Waals surface area contributed by atoms with Crippen molar-refractivity contribution < 1.29 is 24.1 Å². The molecule has 0 saturated carbocycles. The third-order valence-electron chi connectivity index (χ3n) is 3.79. The molecule has 1 aliphatic rings. The monoisotopic (exact) mass is 300 g/mol. The highest BCUT2D eigenvalue weighted by Crippen LogP contribution is 2.45. The zero-order valence-corrected chi connectivity index (χ0v) is 12.3. The summed E-state index contributed by atoms with van der Waals surface area (Å²) in [6, 6.07) is 10.6. The van der Waals surface area contributed by atoms with Crippen LogP contribution in [0.25, 0.3) is 0 Å². The molecule has 5 heteroatoms. The van der Waals surface area contributed by atoms with E-state index in [9.17, 15) is 9.90 Å². The molecule has 0 radical (unpaired) electrons. The Balaban J connectivity index is 2.08. The van der Waals surface area contributed by atoms with Crippen LogP contribution < -0.4 is 14.2 Å². The zero-order valence-electron chi connectivity index (χ0n) is 12.3. The Hall–Kier alpha value is -2.69. The maximum atomic E-state index is 11.9. The van der Waals surface area contributed by atoms with Gasteiger partial charge in [0.15, 0.2) is 0 Å². The van der Waals surface area contributed by atoms with Gasteiger partial charge in [-0.05, 0) is 17.7 Å². The van der Waals surface area contributed by atoms with Gasteiger partial charge in [0.05, 0.1) is 20.6 Å². The molecule has 114 valence electrons. The Bertz CT molecular complexity index is 706. The molecule has 1 heterocycles. The van der Waals surface area contributed by atoms with Gasteiger partial charge in [-0.1, -0.05) is 12.1 Å². The van der Waals surface area contributed by atoms with Crippen molar-refractivity contribution >= 4 is 5.97 Å². The number of carbonyl (C=O) groups excluding carboxylic acids is 1. The fourth-order valence-electron chi connectivity index (χ4n) is 2.69. The van der Waals surface area contributed by atoms with Crippen LogP contribution in [0.1, 0.15) is 23.5 Å². The smallest absolute Gasteiger partial charge is 0.312 e. The van der Waals surface area contributed by atoms with Crippen molar-refractivity contribution in [1.82, 2.24) is 0 Å². The molecule has 1 unspecified atom stereocenters. The summed E-state index contributed by atoms with van der Waals surface area (Å²) in [5.74, 6) is 0.992.